The summed E-state index contributed by atoms with van der Waals surface area (Å²) in [6, 6.07) is 14.1. The van der Waals surface area contributed by atoms with Crippen molar-refractivity contribution in [1.82, 2.24) is 10.6 Å². The average Bonchev–Trinajstić information content (AvgIpc) is 3.59. The number of rotatable bonds is 10. The number of ketones is 2. The first-order chi connectivity index (χ1) is 32.3. The summed E-state index contributed by atoms with van der Waals surface area (Å²) in [4.78, 5) is 30.9. The standard InChI is InChI=1S/C59H85N3O6/c1-54(67)23-11-12-24-55(2)51-46(62-34-54)31-58(5)49(56(51,3)30-43(52(55)66)38-25-35(33-61-7)26-40(63)28-38)22-21-45-50(48(65)32-57(45,58)4)42(36-15-9-8-10-16-36)29-47(64)53-59(6,68-53)44-20-14-19-41(44)37-17-13-18-39(60)27-37/h13,17-18,25-28,36,41-44,46-47,49,51,53,61-64,67H,8-12,14-16,19-24,29-34,60H2,1-7H3. The zero-order valence-corrected chi connectivity index (χ0v) is 42.6. The van der Waals surface area contributed by atoms with Gasteiger partial charge in [0.15, 0.2) is 5.78 Å². The van der Waals surface area contributed by atoms with Crippen molar-refractivity contribution < 1.29 is 29.6 Å². The van der Waals surface area contributed by atoms with Gasteiger partial charge in [0, 0.05) is 48.0 Å². The first-order valence-corrected chi connectivity index (χ1v) is 27.2. The number of hydrogen-bond acceptors (Lipinski definition) is 9. The van der Waals surface area contributed by atoms with Crippen LogP contribution in [0.5, 0.6) is 5.75 Å². The number of aliphatic hydroxyl groups excluding tert-OH is 1. The fourth-order valence-electron chi connectivity index (χ4n) is 18.3. The number of phenolic OH excluding ortho intramolecular Hbond substituents is 1. The minimum absolute atomic E-state index is 0.0112. The molecule has 0 spiro atoms. The Morgan fingerprint density at radius 2 is 1.65 bits per heavy atom. The van der Waals surface area contributed by atoms with E-state index in [4.69, 9.17) is 10.5 Å². The molecule has 0 radical (unpaired) electrons. The lowest BCUT2D eigenvalue weighted by atomic mass is 9.34. The molecule has 68 heavy (non-hydrogen) atoms. The summed E-state index contributed by atoms with van der Waals surface area (Å²) in [5.41, 5.74) is 9.77. The molecule has 10 rings (SSSR count). The summed E-state index contributed by atoms with van der Waals surface area (Å²) < 4.78 is 6.71. The van der Waals surface area contributed by atoms with E-state index in [0.717, 1.165) is 106 Å². The van der Waals surface area contributed by atoms with E-state index in [0.29, 0.717) is 62.3 Å². The van der Waals surface area contributed by atoms with Crippen LogP contribution in [-0.2, 0) is 20.9 Å². The average molecular weight is 932 g/mol. The molecule has 372 valence electrons. The summed E-state index contributed by atoms with van der Waals surface area (Å²) in [5.74, 6) is 1.71. The predicted molar refractivity (Wildman–Crippen MR) is 269 cm³/mol. The Balaban J connectivity index is 1.02. The van der Waals surface area contributed by atoms with Crippen LogP contribution in [0.1, 0.15) is 186 Å². The molecule has 2 aromatic carbocycles. The van der Waals surface area contributed by atoms with E-state index in [-0.39, 0.29) is 58.2 Å². The smallest absolute Gasteiger partial charge is 0.160 e. The highest BCUT2D eigenvalue weighted by Gasteiger charge is 2.72. The van der Waals surface area contributed by atoms with Crippen LogP contribution in [0.25, 0.3) is 0 Å². The van der Waals surface area contributed by atoms with Crippen LogP contribution in [0.3, 0.4) is 0 Å². The number of nitrogens with one attached hydrogen (secondary N) is 2. The molecule has 2 heterocycles. The molecule has 7 N–H and O–H groups in total. The van der Waals surface area contributed by atoms with E-state index in [1.54, 1.807) is 6.07 Å². The molecule has 7 fully saturated rings. The van der Waals surface area contributed by atoms with Gasteiger partial charge in [0.25, 0.3) is 0 Å². The van der Waals surface area contributed by atoms with Crippen molar-refractivity contribution in [3.63, 3.8) is 0 Å². The minimum Gasteiger partial charge on any atom is -0.508 e. The normalized spacial score (nSPS) is 42.8. The Bertz CT molecular complexity index is 2300. The van der Waals surface area contributed by atoms with Gasteiger partial charge in [-0.25, -0.2) is 0 Å². The van der Waals surface area contributed by atoms with Gasteiger partial charge in [-0.3, -0.25) is 9.59 Å². The number of nitrogens with two attached hydrogens (primary N) is 1. The Kier molecular flexibility index (Phi) is 12.6. The quantitative estimate of drug-likeness (QED) is 0.101. The second-order valence-electron chi connectivity index (χ2n) is 25.6. The minimum atomic E-state index is -0.865. The molecule has 2 aromatic rings. The highest BCUT2D eigenvalue weighted by molar-refractivity contribution is 6.01. The summed E-state index contributed by atoms with van der Waals surface area (Å²) in [6.45, 7) is 15.0. The molecular formula is C59H85N3O6. The van der Waals surface area contributed by atoms with Crippen LogP contribution < -0.4 is 16.4 Å². The number of Topliss-reactive ketones (excluding diaryl/α,β-unsaturated/α-hetero) is 2. The van der Waals surface area contributed by atoms with Crippen molar-refractivity contribution in [1.29, 1.82) is 0 Å². The van der Waals surface area contributed by atoms with E-state index in [9.17, 15) is 15.3 Å². The van der Waals surface area contributed by atoms with E-state index in [2.05, 4.69) is 69.5 Å². The maximum atomic E-state index is 15.5. The lowest BCUT2D eigenvalue weighted by Gasteiger charge is -2.71. The van der Waals surface area contributed by atoms with Gasteiger partial charge in [-0.1, -0.05) is 90.0 Å². The van der Waals surface area contributed by atoms with Gasteiger partial charge in [0.2, 0.25) is 0 Å². The topological polar surface area (TPSA) is 157 Å². The lowest BCUT2D eigenvalue weighted by Crippen LogP contribution is -2.70. The number of carbonyl (C=O) groups excluding carboxylic acids is 2. The number of carbonyl (C=O) groups is 2. The third-order valence-electron chi connectivity index (χ3n) is 21.4. The van der Waals surface area contributed by atoms with E-state index < -0.39 is 28.1 Å². The molecule has 15 atom stereocenters. The highest BCUT2D eigenvalue weighted by Crippen LogP contribution is 2.75. The first kappa shape index (κ1) is 48.5. The second-order valence-corrected chi connectivity index (χ2v) is 25.6. The third-order valence-corrected chi connectivity index (χ3v) is 21.4. The SMILES string of the molecule is CNCc1cc(O)cc(C2CC3(C)C4C(CC5(C)C3CCC3=C(C(CC(O)C6OC6(C)C6CCCC6c6cccc(N)c6)C6CCCCC6)C(=O)CC35C)NCC(C)(O)CCCCC4(C)C2=O)c1. The van der Waals surface area contributed by atoms with E-state index in [1.807, 2.05) is 26.1 Å². The highest BCUT2D eigenvalue weighted by atomic mass is 16.6. The van der Waals surface area contributed by atoms with Gasteiger partial charge in [0.05, 0.1) is 17.3 Å². The molecule has 2 saturated heterocycles. The number of fused-ring (bicyclic) bond motifs is 4. The van der Waals surface area contributed by atoms with Gasteiger partial charge in [0.1, 0.15) is 17.6 Å². The van der Waals surface area contributed by atoms with Crippen molar-refractivity contribution in [2.24, 2.45) is 51.2 Å². The number of aliphatic hydroxyl groups is 2. The van der Waals surface area contributed by atoms with Gasteiger partial charge in [-0.2, -0.15) is 0 Å². The van der Waals surface area contributed by atoms with Gasteiger partial charge < -0.3 is 36.4 Å². The molecule has 15 unspecified atom stereocenters. The number of β-amino-alcohol motifs (C(OH)–C–C–N with tert-alkyl or cyclic N) is 1. The number of aromatic hydroxyl groups is 1. The molecular weight excluding hydrogens is 847 g/mol. The van der Waals surface area contributed by atoms with Crippen LogP contribution in [0.4, 0.5) is 5.69 Å². The third kappa shape index (κ3) is 7.88. The molecule has 0 aromatic heterocycles. The molecule has 9 nitrogen and oxygen atoms in total. The molecule has 0 amide bonds. The fraction of sp³-hybridized carbons (Fsp3) is 0.729. The molecule has 0 bridgehead atoms. The van der Waals surface area contributed by atoms with E-state index in [1.165, 1.54) is 17.6 Å². The number of benzene rings is 2. The van der Waals surface area contributed by atoms with Crippen LogP contribution >= 0.6 is 0 Å². The zero-order chi connectivity index (χ0) is 48.2. The molecule has 2 aliphatic heterocycles. The fourth-order valence-corrected chi connectivity index (χ4v) is 18.3. The Labute approximate surface area is 407 Å². The molecule has 9 heteroatoms. The summed E-state index contributed by atoms with van der Waals surface area (Å²) in [5, 5.41) is 42.6. The van der Waals surface area contributed by atoms with Crippen molar-refractivity contribution in [2.45, 2.75) is 205 Å². The Morgan fingerprint density at radius 1 is 0.882 bits per heavy atom. The van der Waals surface area contributed by atoms with Crippen molar-refractivity contribution in [3.8, 4) is 5.75 Å². The van der Waals surface area contributed by atoms with Gasteiger partial charge >= 0.3 is 0 Å². The van der Waals surface area contributed by atoms with Crippen molar-refractivity contribution in [3.05, 3.63) is 70.3 Å². The first-order valence-electron chi connectivity index (χ1n) is 27.2. The number of hydrogen-bond donors (Lipinski definition) is 6. The van der Waals surface area contributed by atoms with Gasteiger partial charge in [-0.05, 0) is 184 Å². The number of nitrogen functional groups attached to an aromatic ring is 1. The zero-order valence-electron chi connectivity index (χ0n) is 42.6. The molecule has 5 saturated carbocycles. The number of allylic oxidation sites excluding steroid dienone is 2. The molecule has 6 aliphatic carbocycles. The van der Waals surface area contributed by atoms with Crippen LogP contribution in [0.2, 0.25) is 0 Å². The largest absolute Gasteiger partial charge is 0.508 e. The number of ether oxygens (including phenoxy) is 1. The van der Waals surface area contributed by atoms with Crippen LogP contribution in [0.15, 0.2) is 53.6 Å². The number of anilines is 1. The summed E-state index contributed by atoms with van der Waals surface area (Å²) in [6.07, 6.45) is 15.7. The van der Waals surface area contributed by atoms with Crippen LogP contribution in [0, 0.1) is 51.2 Å². The van der Waals surface area contributed by atoms with Crippen LogP contribution in [-0.4, -0.2) is 69.9 Å². The Hall–Kier alpha value is -3.08. The van der Waals surface area contributed by atoms with Gasteiger partial charge in [-0.15, -0.1) is 0 Å². The maximum Gasteiger partial charge on any atom is 0.160 e. The lowest BCUT2D eigenvalue weighted by molar-refractivity contribution is -0.198. The van der Waals surface area contributed by atoms with Crippen molar-refractivity contribution in [2.75, 3.05) is 19.3 Å². The Morgan fingerprint density at radius 3 is 2.40 bits per heavy atom. The summed E-state index contributed by atoms with van der Waals surface area (Å²) in [7, 11) is 1.91. The predicted octanol–water partition coefficient (Wildman–Crippen LogP) is 10.4. The monoisotopic (exact) mass is 932 g/mol. The molecule has 8 aliphatic rings. The van der Waals surface area contributed by atoms with E-state index >= 15 is 9.59 Å². The second kappa shape index (κ2) is 17.6. The number of phenols is 1. The maximum absolute atomic E-state index is 15.5. The van der Waals surface area contributed by atoms with Crippen molar-refractivity contribution >= 4 is 17.3 Å². The number of epoxide rings is 1. The summed E-state index contributed by atoms with van der Waals surface area (Å²) >= 11 is 0.